The Morgan fingerprint density at radius 2 is 1.95 bits per heavy atom. The van der Waals surface area contributed by atoms with Gasteiger partial charge in [-0.1, -0.05) is 6.92 Å². The summed E-state index contributed by atoms with van der Waals surface area (Å²) in [6.45, 7) is 7.01. The van der Waals surface area contributed by atoms with Crippen LogP contribution in [0, 0.1) is 17.6 Å². The van der Waals surface area contributed by atoms with Crippen LogP contribution in [0.15, 0.2) is 12.1 Å². The SMILES string of the molecule is CC1CN(c2cc(F)c(C(=O)NC(C)C)cc2F)C1. The molecular formula is C14H18F2N2O. The highest BCUT2D eigenvalue weighted by Crippen LogP contribution is 2.29. The van der Waals surface area contributed by atoms with Crippen molar-refractivity contribution < 1.29 is 13.6 Å². The second-order valence-corrected chi connectivity index (χ2v) is 5.42. The number of carbonyl (C=O) groups is 1. The highest BCUT2D eigenvalue weighted by atomic mass is 19.1. The van der Waals surface area contributed by atoms with Crippen molar-refractivity contribution in [2.24, 2.45) is 5.92 Å². The molecule has 0 atom stereocenters. The Bertz CT molecular complexity index is 496. The van der Waals surface area contributed by atoms with Crippen LogP contribution in [0.4, 0.5) is 14.5 Å². The van der Waals surface area contributed by atoms with E-state index < -0.39 is 17.5 Å². The van der Waals surface area contributed by atoms with Crippen molar-refractivity contribution in [2.45, 2.75) is 26.8 Å². The van der Waals surface area contributed by atoms with Crippen LogP contribution in [0.5, 0.6) is 0 Å². The van der Waals surface area contributed by atoms with Gasteiger partial charge in [0.05, 0.1) is 11.3 Å². The van der Waals surface area contributed by atoms with E-state index in [4.69, 9.17) is 0 Å². The van der Waals surface area contributed by atoms with Crippen molar-refractivity contribution in [3.8, 4) is 0 Å². The molecule has 0 spiro atoms. The topological polar surface area (TPSA) is 32.3 Å². The van der Waals surface area contributed by atoms with Gasteiger partial charge in [0.1, 0.15) is 11.6 Å². The van der Waals surface area contributed by atoms with E-state index >= 15 is 0 Å². The lowest BCUT2D eigenvalue weighted by Crippen LogP contribution is -2.45. The molecule has 104 valence electrons. The third-order valence-electron chi connectivity index (χ3n) is 3.11. The van der Waals surface area contributed by atoms with Crippen LogP contribution in [0.3, 0.4) is 0 Å². The number of rotatable bonds is 3. The van der Waals surface area contributed by atoms with Crippen LogP contribution in [-0.4, -0.2) is 25.0 Å². The standard InChI is InChI=1S/C14H18F2N2O/c1-8(2)17-14(19)10-4-12(16)13(5-11(10)15)18-6-9(3)7-18/h4-5,8-9H,6-7H2,1-3H3,(H,17,19). The van der Waals surface area contributed by atoms with Gasteiger partial charge in [-0.3, -0.25) is 4.79 Å². The normalized spacial score (nSPS) is 15.6. The van der Waals surface area contributed by atoms with Crippen molar-refractivity contribution in [1.82, 2.24) is 5.32 Å². The summed E-state index contributed by atoms with van der Waals surface area (Å²) in [6, 6.07) is 1.97. The van der Waals surface area contributed by atoms with Crippen LogP contribution in [0.1, 0.15) is 31.1 Å². The Balaban J connectivity index is 2.24. The van der Waals surface area contributed by atoms with Crippen molar-refractivity contribution in [3.05, 3.63) is 29.3 Å². The highest BCUT2D eigenvalue weighted by molar-refractivity contribution is 5.95. The van der Waals surface area contributed by atoms with Gasteiger partial charge >= 0.3 is 0 Å². The fraction of sp³-hybridized carbons (Fsp3) is 0.500. The van der Waals surface area contributed by atoms with Gasteiger partial charge in [-0.25, -0.2) is 8.78 Å². The van der Waals surface area contributed by atoms with Crippen molar-refractivity contribution in [3.63, 3.8) is 0 Å². The molecule has 19 heavy (non-hydrogen) atoms. The van der Waals surface area contributed by atoms with Crippen molar-refractivity contribution >= 4 is 11.6 Å². The van der Waals surface area contributed by atoms with Crippen LogP contribution >= 0.6 is 0 Å². The Morgan fingerprint density at radius 1 is 1.32 bits per heavy atom. The lowest BCUT2D eigenvalue weighted by molar-refractivity contribution is 0.0938. The Labute approximate surface area is 111 Å². The average molecular weight is 268 g/mol. The second kappa shape index (κ2) is 5.15. The third kappa shape index (κ3) is 2.85. The summed E-state index contributed by atoms with van der Waals surface area (Å²) in [7, 11) is 0. The van der Waals surface area contributed by atoms with Crippen LogP contribution in [-0.2, 0) is 0 Å². The zero-order valence-electron chi connectivity index (χ0n) is 11.3. The van der Waals surface area contributed by atoms with Gasteiger partial charge in [-0.05, 0) is 25.8 Å². The largest absolute Gasteiger partial charge is 0.368 e. The van der Waals surface area contributed by atoms with Gasteiger partial charge in [0.25, 0.3) is 5.91 Å². The predicted molar refractivity (Wildman–Crippen MR) is 70.3 cm³/mol. The minimum atomic E-state index is -0.686. The molecule has 1 amide bonds. The minimum Gasteiger partial charge on any atom is -0.368 e. The molecule has 0 unspecified atom stereocenters. The van der Waals surface area contributed by atoms with E-state index in [1.165, 1.54) is 0 Å². The summed E-state index contributed by atoms with van der Waals surface area (Å²) in [4.78, 5) is 13.5. The number of carbonyl (C=O) groups excluding carboxylic acids is 1. The molecule has 5 heteroatoms. The van der Waals surface area contributed by atoms with E-state index in [0.717, 1.165) is 12.1 Å². The predicted octanol–water partition coefficient (Wildman–Crippen LogP) is 2.56. The molecule has 1 aliphatic heterocycles. The molecule has 2 rings (SSSR count). The summed E-state index contributed by atoms with van der Waals surface area (Å²) >= 11 is 0. The maximum absolute atomic E-state index is 13.9. The molecule has 1 aliphatic rings. The Kier molecular flexibility index (Phi) is 3.73. The summed E-state index contributed by atoms with van der Waals surface area (Å²) < 4.78 is 27.8. The number of nitrogens with zero attached hydrogens (tertiary/aromatic N) is 1. The molecule has 1 N–H and O–H groups in total. The molecule has 0 saturated carbocycles. The second-order valence-electron chi connectivity index (χ2n) is 5.42. The molecule has 1 aromatic rings. The number of hydrogen-bond acceptors (Lipinski definition) is 2. The molecule has 0 radical (unpaired) electrons. The number of halogens is 2. The van der Waals surface area contributed by atoms with E-state index in [-0.39, 0.29) is 17.3 Å². The molecule has 1 aromatic carbocycles. The smallest absolute Gasteiger partial charge is 0.254 e. The number of hydrogen-bond donors (Lipinski definition) is 1. The first-order valence-electron chi connectivity index (χ1n) is 6.43. The molecule has 0 aliphatic carbocycles. The molecule has 1 fully saturated rings. The fourth-order valence-electron chi connectivity index (χ4n) is 2.19. The van der Waals surface area contributed by atoms with E-state index in [0.29, 0.717) is 19.0 Å². The van der Waals surface area contributed by atoms with Gasteiger partial charge in [0.15, 0.2) is 0 Å². The first-order valence-corrected chi connectivity index (χ1v) is 6.43. The van der Waals surface area contributed by atoms with Crippen molar-refractivity contribution in [1.29, 1.82) is 0 Å². The monoisotopic (exact) mass is 268 g/mol. The summed E-state index contributed by atoms with van der Waals surface area (Å²) in [5.41, 5.74) is -0.0137. The van der Waals surface area contributed by atoms with E-state index in [1.807, 2.05) is 0 Å². The highest BCUT2D eigenvalue weighted by Gasteiger charge is 2.27. The quantitative estimate of drug-likeness (QED) is 0.913. The van der Waals surface area contributed by atoms with E-state index in [9.17, 15) is 13.6 Å². The first-order chi connectivity index (χ1) is 8.88. The summed E-state index contributed by atoms with van der Waals surface area (Å²) in [5, 5.41) is 2.55. The number of amides is 1. The average Bonchev–Trinajstić information content (AvgIpc) is 2.26. The van der Waals surface area contributed by atoms with E-state index in [2.05, 4.69) is 12.2 Å². The first kappa shape index (κ1) is 13.8. The van der Waals surface area contributed by atoms with Crippen LogP contribution in [0.2, 0.25) is 0 Å². The molecule has 1 heterocycles. The summed E-state index contributed by atoms with van der Waals surface area (Å²) in [5.74, 6) is -1.34. The Morgan fingerprint density at radius 3 is 2.47 bits per heavy atom. The van der Waals surface area contributed by atoms with Gasteiger partial charge < -0.3 is 10.2 Å². The summed E-state index contributed by atoms with van der Waals surface area (Å²) in [6.07, 6.45) is 0. The van der Waals surface area contributed by atoms with Crippen LogP contribution < -0.4 is 10.2 Å². The van der Waals surface area contributed by atoms with Crippen LogP contribution in [0.25, 0.3) is 0 Å². The lowest BCUT2D eigenvalue weighted by Gasteiger charge is -2.39. The van der Waals surface area contributed by atoms with Gasteiger partial charge in [0, 0.05) is 25.2 Å². The lowest BCUT2D eigenvalue weighted by atomic mass is 10.0. The number of anilines is 1. The number of benzene rings is 1. The third-order valence-corrected chi connectivity index (χ3v) is 3.11. The minimum absolute atomic E-state index is 0.120. The van der Waals surface area contributed by atoms with Gasteiger partial charge in [0.2, 0.25) is 0 Å². The van der Waals surface area contributed by atoms with Crippen molar-refractivity contribution in [2.75, 3.05) is 18.0 Å². The molecule has 0 bridgehead atoms. The maximum atomic E-state index is 13.9. The molecular weight excluding hydrogens is 250 g/mol. The fourth-order valence-corrected chi connectivity index (χ4v) is 2.19. The molecule has 3 nitrogen and oxygen atoms in total. The zero-order valence-corrected chi connectivity index (χ0v) is 11.3. The van der Waals surface area contributed by atoms with E-state index in [1.54, 1.807) is 18.7 Å². The van der Waals surface area contributed by atoms with Gasteiger partial charge in [-0.2, -0.15) is 0 Å². The molecule has 0 aromatic heterocycles. The number of nitrogens with one attached hydrogen (secondary N) is 1. The molecule has 1 saturated heterocycles. The van der Waals surface area contributed by atoms with Gasteiger partial charge in [-0.15, -0.1) is 0 Å². The zero-order chi connectivity index (χ0) is 14.2. The Hall–Kier alpha value is -1.65. The maximum Gasteiger partial charge on any atom is 0.254 e.